The van der Waals surface area contributed by atoms with Crippen molar-refractivity contribution in [2.75, 3.05) is 5.75 Å². The van der Waals surface area contributed by atoms with Crippen LogP contribution in [0, 0.1) is 10.1 Å². The third-order valence-electron chi connectivity index (χ3n) is 3.03. The Bertz CT molecular complexity index is 479. The smallest absolute Gasteiger partial charge is 0.269 e. The van der Waals surface area contributed by atoms with Gasteiger partial charge < -0.3 is 5.32 Å². The van der Waals surface area contributed by atoms with Crippen LogP contribution in [0.3, 0.4) is 0 Å². The summed E-state index contributed by atoms with van der Waals surface area (Å²) in [4.78, 5) is 22.0. The van der Waals surface area contributed by atoms with Gasteiger partial charge in [-0.1, -0.05) is 19.1 Å². The minimum absolute atomic E-state index is 0.00151. The van der Waals surface area contributed by atoms with E-state index in [9.17, 15) is 14.9 Å². The average molecular weight is 296 g/mol. The third-order valence-corrected chi connectivity index (χ3v) is 4.24. The first kappa shape index (κ1) is 16.5. The van der Waals surface area contributed by atoms with Crippen LogP contribution in [-0.2, 0) is 4.79 Å². The highest BCUT2D eigenvalue weighted by molar-refractivity contribution is 8.00. The van der Waals surface area contributed by atoms with Gasteiger partial charge in [0.05, 0.1) is 10.7 Å². The lowest BCUT2D eigenvalue weighted by Gasteiger charge is -2.14. The van der Waals surface area contributed by atoms with E-state index in [4.69, 9.17) is 0 Å². The van der Waals surface area contributed by atoms with Crippen molar-refractivity contribution in [3.8, 4) is 0 Å². The Morgan fingerprint density at radius 2 is 2.15 bits per heavy atom. The van der Waals surface area contributed by atoms with Crippen molar-refractivity contribution < 1.29 is 9.72 Å². The van der Waals surface area contributed by atoms with E-state index in [0.29, 0.717) is 5.75 Å². The topological polar surface area (TPSA) is 72.2 Å². The average Bonchev–Trinajstić information content (AvgIpc) is 2.44. The number of amides is 1. The molecular weight excluding hydrogens is 276 g/mol. The van der Waals surface area contributed by atoms with Gasteiger partial charge in [0.1, 0.15) is 0 Å². The molecule has 0 fully saturated rings. The van der Waals surface area contributed by atoms with Crippen molar-refractivity contribution in [2.24, 2.45) is 0 Å². The normalized spacial score (nSPS) is 13.6. The molecule has 2 atom stereocenters. The molecule has 1 aromatic carbocycles. The van der Waals surface area contributed by atoms with Crippen LogP contribution in [0.25, 0.3) is 0 Å². The maximum atomic E-state index is 11.7. The molecule has 6 heteroatoms. The first-order valence-corrected chi connectivity index (χ1v) is 7.64. The SMILES string of the molecule is CC[C@@H](C)NC(=O)CS[C@@H](C)c1cccc([N+](=O)[O-])c1. The molecule has 0 aromatic heterocycles. The van der Waals surface area contributed by atoms with E-state index in [1.165, 1.54) is 17.8 Å². The van der Waals surface area contributed by atoms with Crippen LogP contribution < -0.4 is 5.32 Å². The molecule has 0 saturated heterocycles. The van der Waals surface area contributed by atoms with Crippen molar-refractivity contribution in [1.82, 2.24) is 5.32 Å². The molecule has 1 N–H and O–H groups in total. The number of non-ortho nitro benzene ring substituents is 1. The Morgan fingerprint density at radius 3 is 2.75 bits per heavy atom. The molecule has 0 bridgehead atoms. The van der Waals surface area contributed by atoms with E-state index in [1.807, 2.05) is 26.8 Å². The van der Waals surface area contributed by atoms with Crippen molar-refractivity contribution in [3.05, 3.63) is 39.9 Å². The summed E-state index contributed by atoms with van der Waals surface area (Å²) >= 11 is 1.48. The van der Waals surface area contributed by atoms with Gasteiger partial charge in [-0.15, -0.1) is 11.8 Å². The molecule has 0 aliphatic heterocycles. The molecule has 1 aromatic rings. The van der Waals surface area contributed by atoms with Gasteiger partial charge in [0.2, 0.25) is 5.91 Å². The number of thioether (sulfide) groups is 1. The highest BCUT2D eigenvalue weighted by Crippen LogP contribution is 2.29. The fourth-order valence-corrected chi connectivity index (χ4v) is 2.43. The molecular formula is C14H20N2O3S. The molecule has 110 valence electrons. The van der Waals surface area contributed by atoms with Gasteiger partial charge in [-0.25, -0.2) is 0 Å². The lowest BCUT2D eigenvalue weighted by atomic mass is 10.1. The molecule has 0 unspecified atom stereocenters. The summed E-state index contributed by atoms with van der Waals surface area (Å²) in [6.45, 7) is 5.93. The maximum Gasteiger partial charge on any atom is 0.269 e. The number of benzene rings is 1. The Balaban J connectivity index is 2.54. The van der Waals surface area contributed by atoms with E-state index < -0.39 is 4.92 Å². The number of rotatable bonds is 7. The highest BCUT2D eigenvalue weighted by atomic mass is 32.2. The van der Waals surface area contributed by atoms with Gasteiger partial charge in [-0.05, 0) is 25.8 Å². The Labute approximate surface area is 123 Å². The summed E-state index contributed by atoms with van der Waals surface area (Å²) in [7, 11) is 0. The van der Waals surface area contributed by atoms with Crippen molar-refractivity contribution in [3.63, 3.8) is 0 Å². The van der Waals surface area contributed by atoms with Crippen LogP contribution in [0.2, 0.25) is 0 Å². The summed E-state index contributed by atoms with van der Waals surface area (Å²) in [6.07, 6.45) is 0.900. The van der Waals surface area contributed by atoms with Gasteiger partial charge in [0.25, 0.3) is 5.69 Å². The standard InChI is InChI=1S/C14H20N2O3S/c1-4-10(2)15-14(17)9-20-11(3)12-6-5-7-13(8-12)16(18)19/h5-8,10-11H,4,9H2,1-3H3,(H,15,17)/t10-,11+/m1/s1. The largest absolute Gasteiger partial charge is 0.353 e. The molecule has 0 radical (unpaired) electrons. The molecule has 20 heavy (non-hydrogen) atoms. The third kappa shape index (κ3) is 5.21. The van der Waals surface area contributed by atoms with E-state index in [1.54, 1.807) is 12.1 Å². The molecule has 0 spiro atoms. The number of nitrogens with zero attached hydrogens (tertiary/aromatic N) is 1. The Morgan fingerprint density at radius 1 is 1.45 bits per heavy atom. The minimum atomic E-state index is -0.406. The van der Waals surface area contributed by atoms with Crippen LogP contribution in [0.4, 0.5) is 5.69 Å². The van der Waals surface area contributed by atoms with Crippen LogP contribution in [0.15, 0.2) is 24.3 Å². The van der Waals surface area contributed by atoms with Gasteiger partial charge in [0.15, 0.2) is 0 Å². The van der Waals surface area contributed by atoms with Gasteiger partial charge in [0, 0.05) is 23.4 Å². The van der Waals surface area contributed by atoms with Crippen molar-refractivity contribution in [2.45, 2.75) is 38.5 Å². The first-order valence-electron chi connectivity index (χ1n) is 6.59. The van der Waals surface area contributed by atoms with Crippen LogP contribution >= 0.6 is 11.8 Å². The van der Waals surface area contributed by atoms with Crippen LogP contribution in [0.1, 0.15) is 38.0 Å². The monoisotopic (exact) mass is 296 g/mol. The number of hydrogen-bond donors (Lipinski definition) is 1. The minimum Gasteiger partial charge on any atom is -0.353 e. The van der Waals surface area contributed by atoms with E-state index in [-0.39, 0.29) is 22.9 Å². The second-order valence-electron chi connectivity index (χ2n) is 4.68. The molecule has 0 aliphatic carbocycles. The van der Waals surface area contributed by atoms with Crippen molar-refractivity contribution >= 4 is 23.4 Å². The Kier molecular flexibility index (Phi) is 6.51. The zero-order chi connectivity index (χ0) is 15.1. The number of nitrogens with one attached hydrogen (secondary N) is 1. The van der Waals surface area contributed by atoms with E-state index >= 15 is 0 Å². The second kappa shape index (κ2) is 7.89. The fourth-order valence-electron chi connectivity index (χ4n) is 1.61. The second-order valence-corrected chi connectivity index (χ2v) is 6.01. The molecule has 0 heterocycles. The lowest BCUT2D eigenvalue weighted by molar-refractivity contribution is -0.384. The number of carbonyl (C=O) groups excluding carboxylic acids is 1. The number of hydrogen-bond acceptors (Lipinski definition) is 4. The van der Waals surface area contributed by atoms with Crippen LogP contribution in [0.5, 0.6) is 0 Å². The fraction of sp³-hybridized carbons (Fsp3) is 0.500. The number of nitro benzene ring substituents is 1. The zero-order valence-corrected chi connectivity index (χ0v) is 12.8. The molecule has 0 aliphatic rings. The first-order chi connectivity index (χ1) is 9.43. The zero-order valence-electron chi connectivity index (χ0n) is 12.0. The van der Waals surface area contributed by atoms with Gasteiger partial charge in [-0.2, -0.15) is 0 Å². The summed E-state index contributed by atoms with van der Waals surface area (Å²) < 4.78 is 0. The summed E-state index contributed by atoms with van der Waals surface area (Å²) in [5.41, 5.74) is 0.944. The van der Waals surface area contributed by atoms with Gasteiger partial charge in [-0.3, -0.25) is 14.9 Å². The van der Waals surface area contributed by atoms with Crippen molar-refractivity contribution in [1.29, 1.82) is 0 Å². The summed E-state index contributed by atoms with van der Waals surface area (Å²) in [5, 5.41) is 13.7. The summed E-state index contributed by atoms with van der Waals surface area (Å²) in [6, 6.07) is 6.72. The molecule has 5 nitrogen and oxygen atoms in total. The quantitative estimate of drug-likeness (QED) is 0.619. The van der Waals surface area contributed by atoms with Crippen LogP contribution in [-0.4, -0.2) is 22.6 Å². The Hall–Kier alpha value is -1.56. The molecule has 1 amide bonds. The number of nitro groups is 1. The molecule has 0 saturated carbocycles. The van der Waals surface area contributed by atoms with E-state index in [0.717, 1.165) is 12.0 Å². The van der Waals surface area contributed by atoms with E-state index in [2.05, 4.69) is 5.32 Å². The lowest BCUT2D eigenvalue weighted by Crippen LogP contribution is -2.33. The maximum absolute atomic E-state index is 11.7. The highest BCUT2D eigenvalue weighted by Gasteiger charge is 2.13. The number of carbonyl (C=O) groups is 1. The predicted octanol–water partition coefficient (Wildman–Crippen LogP) is 3.30. The summed E-state index contributed by atoms with van der Waals surface area (Å²) in [5.74, 6) is 0.357. The van der Waals surface area contributed by atoms with Gasteiger partial charge >= 0.3 is 0 Å². The predicted molar refractivity (Wildman–Crippen MR) is 81.9 cm³/mol. The molecule has 1 rings (SSSR count).